The van der Waals surface area contributed by atoms with Gasteiger partial charge in [0.05, 0.1) is 17.5 Å². The Morgan fingerprint density at radius 2 is 2.17 bits per heavy atom. The number of fused-ring (bicyclic) bond motifs is 1. The lowest BCUT2D eigenvalue weighted by Gasteiger charge is -2.27. The van der Waals surface area contributed by atoms with Gasteiger partial charge in [-0.3, -0.25) is 4.79 Å². The summed E-state index contributed by atoms with van der Waals surface area (Å²) in [6.45, 7) is 6.00. The lowest BCUT2D eigenvalue weighted by molar-refractivity contribution is -0.141. The second-order valence-electron chi connectivity index (χ2n) is 5.95. The van der Waals surface area contributed by atoms with Gasteiger partial charge in [-0.25, -0.2) is 14.5 Å². The molecule has 7 heteroatoms. The maximum Gasteiger partial charge on any atom is 0.326 e. The Labute approximate surface area is 133 Å². The molecule has 0 aromatic carbocycles. The van der Waals surface area contributed by atoms with Crippen LogP contribution in [0.3, 0.4) is 0 Å². The molecule has 1 unspecified atom stereocenters. The van der Waals surface area contributed by atoms with E-state index in [1.807, 2.05) is 6.92 Å². The predicted octanol–water partition coefficient (Wildman–Crippen LogP) is 1.84. The SMILES string of the molecule is CCn1ncc2cc(C(=O)N(C3CC3)C(C)C(=O)O)c(C)nc21. The fourth-order valence-corrected chi connectivity index (χ4v) is 2.81. The van der Waals surface area contributed by atoms with Crippen molar-refractivity contribution in [2.45, 2.75) is 52.2 Å². The minimum atomic E-state index is -0.990. The van der Waals surface area contributed by atoms with Crippen LogP contribution >= 0.6 is 0 Å². The topological polar surface area (TPSA) is 88.3 Å². The number of hydrogen-bond acceptors (Lipinski definition) is 4. The molecule has 0 spiro atoms. The number of pyridine rings is 1. The first-order chi connectivity index (χ1) is 10.9. The number of aromatic nitrogens is 3. The lowest BCUT2D eigenvalue weighted by Crippen LogP contribution is -2.45. The van der Waals surface area contributed by atoms with E-state index in [4.69, 9.17) is 0 Å². The Balaban J connectivity index is 2.02. The summed E-state index contributed by atoms with van der Waals surface area (Å²) in [5.74, 6) is -1.26. The minimum absolute atomic E-state index is 0.0158. The molecule has 2 aromatic rings. The minimum Gasteiger partial charge on any atom is -0.480 e. The van der Waals surface area contributed by atoms with Crippen molar-refractivity contribution in [2.24, 2.45) is 0 Å². The molecule has 0 bridgehead atoms. The van der Waals surface area contributed by atoms with Gasteiger partial charge in [-0.1, -0.05) is 0 Å². The first-order valence-corrected chi connectivity index (χ1v) is 7.82. The van der Waals surface area contributed by atoms with E-state index in [0.29, 0.717) is 17.8 Å². The second-order valence-corrected chi connectivity index (χ2v) is 5.95. The quantitative estimate of drug-likeness (QED) is 0.909. The maximum absolute atomic E-state index is 12.9. The maximum atomic E-state index is 12.9. The largest absolute Gasteiger partial charge is 0.480 e. The molecule has 1 aliphatic carbocycles. The Morgan fingerprint density at radius 1 is 1.48 bits per heavy atom. The van der Waals surface area contributed by atoms with Gasteiger partial charge in [0, 0.05) is 18.0 Å². The van der Waals surface area contributed by atoms with Gasteiger partial charge in [0.2, 0.25) is 0 Å². The van der Waals surface area contributed by atoms with Crippen LogP contribution in [0.15, 0.2) is 12.3 Å². The first-order valence-electron chi connectivity index (χ1n) is 7.82. The van der Waals surface area contributed by atoms with Crippen molar-refractivity contribution in [3.05, 3.63) is 23.5 Å². The molecular weight excluding hydrogens is 296 g/mol. The molecule has 2 aromatic heterocycles. The van der Waals surface area contributed by atoms with E-state index < -0.39 is 12.0 Å². The van der Waals surface area contributed by atoms with E-state index in [0.717, 1.165) is 23.9 Å². The molecule has 2 heterocycles. The zero-order valence-electron chi connectivity index (χ0n) is 13.5. The van der Waals surface area contributed by atoms with Crippen LogP contribution < -0.4 is 0 Å². The van der Waals surface area contributed by atoms with Crippen LogP contribution in [0.25, 0.3) is 11.0 Å². The van der Waals surface area contributed by atoms with Crippen molar-refractivity contribution in [1.82, 2.24) is 19.7 Å². The highest BCUT2D eigenvalue weighted by Crippen LogP contribution is 2.31. The summed E-state index contributed by atoms with van der Waals surface area (Å²) in [6.07, 6.45) is 3.39. The second kappa shape index (κ2) is 5.64. The molecule has 1 N–H and O–H groups in total. The van der Waals surface area contributed by atoms with Crippen LogP contribution in [0.5, 0.6) is 0 Å². The highest BCUT2D eigenvalue weighted by Gasteiger charge is 2.39. The Kier molecular flexibility index (Phi) is 3.79. The van der Waals surface area contributed by atoms with Crippen LogP contribution in [0.2, 0.25) is 0 Å². The highest BCUT2D eigenvalue weighted by atomic mass is 16.4. The Bertz CT molecular complexity index is 779. The molecule has 0 saturated heterocycles. The Morgan fingerprint density at radius 3 is 2.74 bits per heavy atom. The summed E-state index contributed by atoms with van der Waals surface area (Å²) in [4.78, 5) is 30.2. The van der Waals surface area contributed by atoms with Gasteiger partial charge in [0.1, 0.15) is 6.04 Å². The molecule has 0 radical (unpaired) electrons. The Hall–Kier alpha value is -2.44. The average Bonchev–Trinajstić information content (AvgIpc) is 3.26. The molecule has 1 fully saturated rings. The van der Waals surface area contributed by atoms with E-state index >= 15 is 0 Å². The van der Waals surface area contributed by atoms with E-state index in [2.05, 4.69) is 10.1 Å². The van der Waals surface area contributed by atoms with Crippen molar-refractivity contribution >= 4 is 22.9 Å². The van der Waals surface area contributed by atoms with Crippen LogP contribution in [0.1, 0.15) is 42.7 Å². The van der Waals surface area contributed by atoms with Gasteiger partial charge < -0.3 is 10.0 Å². The third-order valence-electron chi connectivity index (χ3n) is 4.28. The number of aryl methyl sites for hydroxylation is 2. The summed E-state index contributed by atoms with van der Waals surface area (Å²) in [7, 11) is 0. The van der Waals surface area contributed by atoms with Crippen molar-refractivity contribution in [3.8, 4) is 0 Å². The predicted molar refractivity (Wildman–Crippen MR) is 84.2 cm³/mol. The molecule has 3 rings (SSSR count). The third-order valence-corrected chi connectivity index (χ3v) is 4.28. The van der Waals surface area contributed by atoms with Gasteiger partial charge in [0.15, 0.2) is 5.65 Å². The third kappa shape index (κ3) is 2.67. The molecule has 0 aliphatic heterocycles. The van der Waals surface area contributed by atoms with Crippen LogP contribution in [-0.2, 0) is 11.3 Å². The van der Waals surface area contributed by atoms with Crippen molar-refractivity contribution in [1.29, 1.82) is 0 Å². The van der Waals surface area contributed by atoms with Gasteiger partial charge in [-0.15, -0.1) is 0 Å². The number of nitrogens with zero attached hydrogens (tertiary/aromatic N) is 4. The van der Waals surface area contributed by atoms with E-state index in [1.165, 1.54) is 4.90 Å². The molecule has 7 nitrogen and oxygen atoms in total. The fraction of sp³-hybridized carbons (Fsp3) is 0.500. The van der Waals surface area contributed by atoms with Crippen molar-refractivity contribution in [3.63, 3.8) is 0 Å². The van der Waals surface area contributed by atoms with Gasteiger partial charge >= 0.3 is 5.97 Å². The van der Waals surface area contributed by atoms with E-state index in [-0.39, 0.29) is 11.9 Å². The number of amides is 1. The fourth-order valence-electron chi connectivity index (χ4n) is 2.81. The number of carboxylic acid groups (broad SMARTS) is 1. The molecule has 23 heavy (non-hydrogen) atoms. The monoisotopic (exact) mass is 316 g/mol. The standard InChI is InChI=1S/C16H20N4O3/c1-4-19-14-11(8-17-19)7-13(9(2)18-14)15(21)20(12-5-6-12)10(3)16(22)23/h7-8,10,12H,4-6H2,1-3H3,(H,22,23). The van der Waals surface area contributed by atoms with E-state index in [9.17, 15) is 14.7 Å². The summed E-state index contributed by atoms with van der Waals surface area (Å²) < 4.78 is 1.77. The number of carboxylic acids is 1. The van der Waals surface area contributed by atoms with Crippen LogP contribution in [0, 0.1) is 6.92 Å². The summed E-state index contributed by atoms with van der Waals surface area (Å²) in [5.41, 5.74) is 1.79. The molecule has 1 aliphatic rings. The van der Waals surface area contributed by atoms with Crippen molar-refractivity contribution < 1.29 is 14.7 Å². The van der Waals surface area contributed by atoms with Gasteiger partial charge in [-0.05, 0) is 39.7 Å². The highest BCUT2D eigenvalue weighted by molar-refractivity contribution is 6.00. The van der Waals surface area contributed by atoms with Crippen LogP contribution in [0.4, 0.5) is 0 Å². The molecule has 122 valence electrons. The number of aliphatic carboxylic acids is 1. The smallest absolute Gasteiger partial charge is 0.326 e. The molecule has 1 saturated carbocycles. The first kappa shape index (κ1) is 15.5. The molecule has 1 atom stereocenters. The normalized spacial score (nSPS) is 15.6. The lowest BCUT2D eigenvalue weighted by atomic mass is 10.1. The van der Waals surface area contributed by atoms with Crippen LogP contribution in [-0.4, -0.2) is 48.7 Å². The van der Waals surface area contributed by atoms with E-state index in [1.54, 1.807) is 30.8 Å². The zero-order chi connectivity index (χ0) is 16.7. The zero-order valence-corrected chi connectivity index (χ0v) is 13.5. The molecule has 1 amide bonds. The summed E-state index contributed by atoms with van der Waals surface area (Å²) >= 11 is 0. The average molecular weight is 316 g/mol. The number of hydrogen-bond donors (Lipinski definition) is 1. The number of carbonyl (C=O) groups is 2. The van der Waals surface area contributed by atoms with Crippen molar-refractivity contribution in [2.75, 3.05) is 0 Å². The summed E-state index contributed by atoms with van der Waals surface area (Å²) in [5, 5.41) is 14.3. The number of rotatable bonds is 5. The number of carbonyl (C=O) groups excluding carboxylic acids is 1. The van der Waals surface area contributed by atoms with Gasteiger partial charge in [-0.2, -0.15) is 5.10 Å². The van der Waals surface area contributed by atoms with Gasteiger partial charge in [0.25, 0.3) is 5.91 Å². The summed E-state index contributed by atoms with van der Waals surface area (Å²) in [6, 6.07) is 0.939. The molecular formula is C16H20N4O3.